The predicted octanol–water partition coefficient (Wildman–Crippen LogP) is 3.14. The van der Waals surface area contributed by atoms with Gasteiger partial charge in [-0.1, -0.05) is 19.1 Å². The Kier molecular flexibility index (Phi) is 5.32. The van der Waals surface area contributed by atoms with Crippen molar-refractivity contribution in [1.29, 1.82) is 0 Å². The van der Waals surface area contributed by atoms with E-state index in [-0.39, 0.29) is 6.42 Å². The molecule has 0 atom stereocenters. The molecule has 0 aliphatic carbocycles. The highest BCUT2D eigenvalue weighted by Crippen LogP contribution is 2.25. The van der Waals surface area contributed by atoms with E-state index in [4.69, 9.17) is 5.11 Å². The summed E-state index contributed by atoms with van der Waals surface area (Å²) >= 11 is 3.48. The SMILES string of the molecule is CCCN(CCC(=O)O)c1ccccc1Br. The summed E-state index contributed by atoms with van der Waals surface area (Å²) in [4.78, 5) is 12.7. The molecule has 0 aliphatic rings. The zero-order valence-corrected chi connectivity index (χ0v) is 10.9. The minimum absolute atomic E-state index is 0.168. The molecule has 1 aromatic carbocycles. The van der Waals surface area contributed by atoms with Crippen molar-refractivity contribution in [3.8, 4) is 0 Å². The molecule has 0 bridgehead atoms. The maximum atomic E-state index is 10.6. The van der Waals surface area contributed by atoms with E-state index in [0.717, 1.165) is 23.1 Å². The van der Waals surface area contributed by atoms with E-state index in [1.807, 2.05) is 24.3 Å². The van der Waals surface area contributed by atoms with Gasteiger partial charge in [-0.3, -0.25) is 4.79 Å². The van der Waals surface area contributed by atoms with Gasteiger partial charge in [-0.2, -0.15) is 0 Å². The Balaban J connectivity index is 2.76. The van der Waals surface area contributed by atoms with Gasteiger partial charge >= 0.3 is 5.97 Å². The Bertz CT molecular complexity index is 355. The molecular formula is C12H16BrNO2. The van der Waals surface area contributed by atoms with Crippen molar-refractivity contribution in [2.45, 2.75) is 19.8 Å². The van der Waals surface area contributed by atoms with Gasteiger partial charge in [-0.25, -0.2) is 0 Å². The van der Waals surface area contributed by atoms with Gasteiger partial charge in [0.1, 0.15) is 0 Å². The topological polar surface area (TPSA) is 40.5 Å². The zero-order valence-electron chi connectivity index (χ0n) is 9.32. The molecule has 0 aromatic heterocycles. The standard InChI is InChI=1S/C12H16BrNO2/c1-2-8-14(9-7-12(15)16)11-6-4-3-5-10(11)13/h3-6H,2,7-9H2,1H3,(H,15,16). The summed E-state index contributed by atoms with van der Waals surface area (Å²) in [5, 5.41) is 8.71. The first kappa shape index (κ1) is 13.0. The van der Waals surface area contributed by atoms with E-state index < -0.39 is 5.97 Å². The second-order valence-corrected chi connectivity index (χ2v) is 4.44. The first-order valence-electron chi connectivity index (χ1n) is 5.36. The number of anilines is 1. The largest absolute Gasteiger partial charge is 0.481 e. The summed E-state index contributed by atoms with van der Waals surface area (Å²) in [5.74, 6) is -0.756. The summed E-state index contributed by atoms with van der Waals surface area (Å²) in [5.41, 5.74) is 1.06. The number of halogens is 1. The van der Waals surface area contributed by atoms with Crippen LogP contribution in [-0.2, 0) is 4.79 Å². The molecule has 0 amide bonds. The maximum Gasteiger partial charge on any atom is 0.305 e. The smallest absolute Gasteiger partial charge is 0.305 e. The number of aliphatic carboxylic acids is 1. The van der Waals surface area contributed by atoms with Crippen LogP contribution in [0.4, 0.5) is 5.69 Å². The van der Waals surface area contributed by atoms with Crippen molar-refractivity contribution < 1.29 is 9.90 Å². The summed E-state index contributed by atoms with van der Waals surface area (Å²) in [6, 6.07) is 7.89. The van der Waals surface area contributed by atoms with E-state index in [2.05, 4.69) is 27.8 Å². The fraction of sp³-hybridized carbons (Fsp3) is 0.417. The average Bonchev–Trinajstić information content (AvgIpc) is 2.25. The van der Waals surface area contributed by atoms with Crippen LogP contribution in [0.3, 0.4) is 0 Å². The molecule has 0 radical (unpaired) electrons. The second-order valence-electron chi connectivity index (χ2n) is 3.58. The van der Waals surface area contributed by atoms with Crippen LogP contribution in [0.15, 0.2) is 28.7 Å². The van der Waals surface area contributed by atoms with E-state index in [0.29, 0.717) is 6.54 Å². The molecule has 16 heavy (non-hydrogen) atoms. The Labute approximate surface area is 104 Å². The van der Waals surface area contributed by atoms with Gasteiger partial charge in [-0.15, -0.1) is 0 Å². The molecule has 1 rings (SSSR count). The molecule has 88 valence electrons. The minimum Gasteiger partial charge on any atom is -0.481 e. The van der Waals surface area contributed by atoms with Gasteiger partial charge in [0.2, 0.25) is 0 Å². The van der Waals surface area contributed by atoms with Crippen LogP contribution in [-0.4, -0.2) is 24.2 Å². The minimum atomic E-state index is -0.756. The van der Waals surface area contributed by atoms with Crippen LogP contribution in [0.2, 0.25) is 0 Å². The zero-order chi connectivity index (χ0) is 12.0. The van der Waals surface area contributed by atoms with Crippen molar-refractivity contribution in [3.63, 3.8) is 0 Å². The van der Waals surface area contributed by atoms with E-state index in [9.17, 15) is 4.79 Å². The molecule has 0 unspecified atom stereocenters. The van der Waals surface area contributed by atoms with E-state index >= 15 is 0 Å². The lowest BCUT2D eigenvalue weighted by atomic mass is 10.2. The molecule has 1 aromatic rings. The second kappa shape index (κ2) is 6.53. The highest BCUT2D eigenvalue weighted by atomic mass is 79.9. The number of carbonyl (C=O) groups is 1. The fourth-order valence-electron chi connectivity index (χ4n) is 1.56. The fourth-order valence-corrected chi connectivity index (χ4v) is 2.10. The van der Waals surface area contributed by atoms with Crippen LogP contribution in [0.1, 0.15) is 19.8 Å². The molecule has 0 saturated heterocycles. The van der Waals surface area contributed by atoms with Gasteiger partial charge in [0, 0.05) is 17.6 Å². The highest BCUT2D eigenvalue weighted by Gasteiger charge is 2.10. The van der Waals surface area contributed by atoms with Crippen molar-refractivity contribution in [1.82, 2.24) is 0 Å². The number of para-hydroxylation sites is 1. The number of carboxylic acid groups (broad SMARTS) is 1. The molecule has 0 heterocycles. The average molecular weight is 286 g/mol. The van der Waals surface area contributed by atoms with Crippen molar-refractivity contribution in [3.05, 3.63) is 28.7 Å². The van der Waals surface area contributed by atoms with E-state index in [1.54, 1.807) is 0 Å². The molecule has 0 spiro atoms. The molecule has 1 N–H and O–H groups in total. The van der Waals surface area contributed by atoms with Crippen LogP contribution in [0.5, 0.6) is 0 Å². The summed E-state index contributed by atoms with van der Waals surface area (Å²) in [7, 11) is 0. The first-order chi connectivity index (χ1) is 7.65. The third kappa shape index (κ3) is 3.85. The Morgan fingerprint density at radius 2 is 2.06 bits per heavy atom. The van der Waals surface area contributed by atoms with Crippen LogP contribution >= 0.6 is 15.9 Å². The lowest BCUT2D eigenvalue weighted by Gasteiger charge is -2.24. The summed E-state index contributed by atoms with van der Waals surface area (Å²) in [6.07, 6.45) is 1.17. The van der Waals surface area contributed by atoms with Crippen molar-refractivity contribution in [2.75, 3.05) is 18.0 Å². The van der Waals surface area contributed by atoms with Crippen LogP contribution in [0.25, 0.3) is 0 Å². The van der Waals surface area contributed by atoms with Gasteiger partial charge in [0.25, 0.3) is 0 Å². The Morgan fingerprint density at radius 1 is 1.38 bits per heavy atom. The molecule has 3 nitrogen and oxygen atoms in total. The summed E-state index contributed by atoms with van der Waals surface area (Å²) < 4.78 is 1.01. The van der Waals surface area contributed by atoms with Gasteiger partial charge < -0.3 is 10.0 Å². The molecule has 4 heteroatoms. The molecular weight excluding hydrogens is 270 g/mol. The van der Waals surface area contributed by atoms with Crippen molar-refractivity contribution in [2.24, 2.45) is 0 Å². The third-order valence-electron chi connectivity index (χ3n) is 2.28. The van der Waals surface area contributed by atoms with E-state index in [1.165, 1.54) is 0 Å². The quantitative estimate of drug-likeness (QED) is 0.873. The first-order valence-corrected chi connectivity index (χ1v) is 6.15. The molecule has 0 aliphatic heterocycles. The lowest BCUT2D eigenvalue weighted by Crippen LogP contribution is -2.27. The molecule has 0 saturated carbocycles. The lowest BCUT2D eigenvalue weighted by molar-refractivity contribution is -0.136. The van der Waals surface area contributed by atoms with Crippen LogP contribution in [0, 0.1) is 0 Å². The predicted molar refractivity (Wildman–Crippen MR) is 68.9 cm³/mol. The highest BCUT2D eigenvalue weighted by molar-refractivity contribution is 9.10. The molecule has 0 fully saturated rings. The van der Waals surface area contributed by atoms with Gasteiger partial charge in [0.05, 0.1) is 12.1 Å². The third-order valence-corrected chi connectivity index (χ3v) is 2.95. The Hall–Kier alpha value is -1.03. The number of hydrogen-bond donors (Lipinski definition) is 1. The van der Waals surface area contributed by atoms with Gasteiger partial charge in [-0.05, 0) is 34.5 Å². The number of carboxylic acids is 1. The Morgan fingerprint density at radius 3 is 2.62 bits per heavy atom. The maximum absolute atomic E-state index is 10.6. The number of nitrogens with zero attached hydrogens (tertiary/aromatic N) is 1. The van der Waals surface area contributed by atoms with Crippen molar-refractivity contribution >= 4 is 27.6 Å². The monoisotopic (exact) mass is 285 g/mol. The van der Waals surface area contributed by atoms with Crippen LogP contribution < -0.4 is 4.90 Å². The number of hydrogen-bond acceptors (Lipinski definition) is 2. The normalized spacial score (nSPS) is 10.1. The summed E-state index contributed by atoms with van der Waals surface area (Å²) in [6.45, 7) is 3.51. The van der Waals surface area contributed by atoms with Gasteiger partial charge in [0.15, 0.2) is 0 Å². The number of benzene rings is 1. The number of rotatable bonds is 6.